The van der Waals surface area contributed by atoms with Crippen molar-refractivity contribution in [2.24, 2.45) is 0 Å². The Morgan fingerprint density at radius 2 is 2.36 bits per heavy atom. The van der Waals surface area contributed by atoms with Crippen molar-refractivity contribution < 1.29 is 14.6 Å². The topological polar surface area (TPSA) is 72.0 Å². The highest BCUT2D eigenvalue weighted by atomic mass is 16.5. The molecule has 0 aliphatic heterocycles. The summed E-state index contributed by atoms with van der Waals surface area (Å²) < 4.78 is 4.96. The summed E-state index contributed by atoms with van der Waals surface area (Å²) in [5.41, 5.74) is -0.0437. The Kier molecular flexibility index (Phi) is 3.39. The Morgan fingerprint density at radius 1 is 1.64 bits per heavy atom. The average molecular weight is 195 g/mol. The number of ether oxygens (including phenoxy) is 1. The molecule has 1 radical (unpaired) electrons. The summed E-state index contributed by atoms with van der Waals surface area (Å²) in [5, 5.41) is 17.7. The van der Waals surface area contributed by atoms with Gasteiger partial charge in [-0.15, -0.1) is 5.10 Å². The van der Waals surface area contributed by atoms with Gasteiger partial charge >= 0.3 is 5.97 Å². The van der Waals surface area contributed by atoms with Gasteiger partial charge in [0.15, 0.2) is 5.69 Å². The maximum Gasteiger partial charge on any atom is 0.359 e. The van der Waals surface area contributed by atoms with E-state index in [0.717, 1.165) is 18.7 Å². The predicted octanol–water partition coefficient (Wildman–Crippen LogP) is 1.58. The minimum absolute atomic E-state index is 0.0437. The van der Waals surface area contributed by atoms with E-state index in [0.29, 0.717) is 0 Å². The highest BCUT2D eigenvalue weighted by Gasteiger charge is 2.13. The molecule has 0 saturated carbocycles. The third-order valence-corrected chi connectivity index (χ3v) is 1.72. The van der Waals surface area contributed by atoms with Crippen LogP contribution in [0.15, 0.2) is 12.3 Å². The maximum absolute atomic E-state index is 11.3. The lowest BCUT2D eigenvalue weighted by Gasteiger charge is -2.09. The van der Waals surface area contributed by atoms with Crippen molar-refractivity contribution in [1.82, 2.24) is 10.2 Å². The Balaban J connectivity index is 2.70. The molecule has 5 heteroatoms. The second-order valence-corrected chi connectivity index (χ2v) is 2.90. The van der Waals surface area contributed by atoms with Gasteiger partial charge in [0.2, 0.25) is 5.75 Å². The number of carbonyl (C=O) groups excluding carboxylic acids is 1. The molecule has 0 spiro atoms. The van der Waals surface area contributed by atoms with E-state index in [1.54, 1.807) is 6.92 Å². The number of aromatic nitrogens is 2. The van der Waals surface area contributed by atoms with E-state index >= 15 is 0 Å². The van der Waals surface area contributed by atoms with Crippen LogP contribution in [0.3, 0.4) is 0 Å². The van der Waals surface area contributed by atoms with E-state index in [1.165, 1.54) is 0 Å². The Labute approximate surface area is 81.7 Å². The van der Waals surface area contributed by atoms with Crippen molar-refractivity contribution in [1.29, 1.82) is 0 Å². The molecule has 1 rings (SSSR count). The van der Waals surface area contributed by atoms with Crippen molar-refractivity contribution in [2.75, 3.05) is 0 Å². The minimum atomic E-state index is -0.607. The molecule has 1 unspecified atom stereocenters. The lowest BCUT2D eigenvalue weighted by molar-refractivity contribution is 0.0325. The van der Waals surface area contributed by atoms with E-state index in [2.05, 4.69) is 10.2 Å². The van der Waals surface area contributed by atoms with Crippen LogP contribution < -0.4 is 0 Å². The van der Waals surface area contributed by atoms with Gasteiger partial charge in [-0.25, -0.2) is 4.79 Å². The molecule has 1 aromatic rings. The molecular formula is C9H11N2O3. The normalized spacial score (nSPS) is 12.1. The van der Waals surface area contributed by atoms with E-state index in [4.69, 9.17) is 4.74 Å². The fourth-order valence-corrected chi connectivity index (χ4v) is 0.775. The average Bonchev–Trinajstić information content (AvgIpc) is 2.17. The number of carbonyl (C=O) groups is 1. The lowest BCUT2D eigenvalue weighted by Crippen LogP contribution is -2.15. The van der Waals surface area contributed by atoms with Crippen LogP contribution in [-0.4, -0.2) is 22.3 Å². The van der Waals surface area contributed by atoms with Crippen LogP contribution in [0.5, 0.6) is 5.75 Å². The summed E-state index contributed by atoms with van der Waals surface area (Å²) in [7, 11) is 0. The zero-order chi connectivity index (χ0) is 10.6. The van der Waals surface area contributed by atoms with Crippen LogP contribution in [0.1, 0.15) is 30.8 Å². The SMILES string of the molecule is CCC(C)OC(=O)c1cc([O])cnn1. The fourth-order valence-electron chi connectivity index (χ4n) is 0.775. The number of rotatable bonds is 3. The Morgan fingerprint density at radius 3 is 2.93 bits per heavy atom. The largest absolute Gasteiger partial charge is 0.458 e. The number of nitrogens with zero attached hydrogens (tertiary/aromatic N) is 2. The van der Waals surface area contributed by atoms with Crippen LogP contribution >= 0.6 is 0 Å². The van der Waals surface area contributed by atoms with Gasteiger partial charge < -0.3 is 4.74 Å². The third kappa shape index (κ3) is 2.69. The lowest BCUT2D eigenvalue weighted by atomic mass is 10.3. The number of hydrogen-bond acceptors (Lipinski definition) is 4. The summed E-state index contributed by atoms with van der Waals surface area (Å²) in [6, 6.07) is 1.11. The van der Waals surface area contributed by atoms with E-state index < -0.39 is 5.97 Å². The fraction of sp³-hybridized carbons (Fsp3) is 0.444. The molecule has 0 amide bonds. The van der Waals surface area contributed by atoms with Crippen molar-refractivity contribution in [2.45, 2.75) is 26.4 Å². The Bertz CT molecular complexity index is 328. The van der Waals surface area contributed by atoms with Crippen LogP contribution in [0.2, 0.25) is 0 Å². The van der Waals surface area contributed by atoms with Crippen molar-refractivity contribution >= 4 is 5.97 Å². The summed E-state index contributed by atoms with van der Waals surface area (Å²) >= 11 is 0. The molecule has 0 fully saturated rings. The minimum Gasteiger partial charge on any atom is -0.458 e. The first-order chi connectivity index (χ1) is 6.63. The zero-order valence-electron chi connectivity index (χ0n) is 8.06. The van der Waals surface area contributed by atoms with Gasteiger partial charge in [-0.2, -0.15) is 5.10 Å². The molecular weight excluding hydrogens is 184 g/mol. The molecule has 1 heterocycles. The molecule has 0 saturated heterocycles. The second kappa shape index (κ2) is 4.55. The maximum atomic E-state index is 11.3. The van der Waals surface area contributed by atoms with Gasteiger partial charge in [0.1, 0.15) is 0 Å². The van der Waals surface area contributed by atoms with Crippen LogP contribution in [0.4, 0.5) is 0 Å². The molecule has 1 aromatic heterocycles. The highest BCUT2D eigenvalue weighted by molar-refractivity contribution is 5.87. The van der Waals surface area contributed by atoms with Crippen LogP contribution in [-0.2, 0) is 9.84 Å². The second-order valence-electron chi connectivity index (χ2n) is 2.90. The first kappa shape index (κ1) is 10.4. The summed E-state index contributed by atoms with van der Waals surface area (Å²) in [6.07, 6.45) is 1.58. The molecule has 1 atom stereocenters. The zero-order valence-corrected chi connectivity index (χ0v) is 8.06. The molecule has 0 aliphatic carbocycles. The smallest absolute Gasteiger partial charge is 0.359 e. The van der Waals surface area contributed by atoms with E-state index in [9.17, 15) is 9.90 Å². The first-order valence-electron chi connectivity index (χ1n) is 4.34. The van der Waals surface area contributed by atoms with Gasteiger partial charge in [0.05, 0.1) is 12.3 Å². The van der Waals surface area contributed by atoms with Gasteiger partial charge in [0, 0.05) is 6.07 Å². The van der Waals surface area contributed by atoms with E-state index in [1.807, 2.05) is 6.92 Å². The first-order valence-corrected chi connectivity index (χ1v) is 4.34. The summed E-state index contributed by atoms with van der Waals surface area (Å²) in [4.78, 5) is 11.3. The van der Waals surface area contributed by atoms with Crippen LogP contribution in [0, 0.1) is 0 Å². The molecule has 5 nitrogen and oxygen atoms in total. The molecule has 0 aliphatic rings. The van der Waals surface area contributed by atoms with Gasteiger partial charge in [-0.3, -0.25) is 5.11 Å². The van der Waals surface area contributed by atoms with Gasteiger partial charge in [0.25, 0.3) is 0 Å². The highest BCUT2D eigenvalue weighted by Crippen LogP contribution is 2.09. The number of esters is 1. The molecule has 0 N–H and O–H groups in total. The molecule has 14 heavy (non-hydrogen) atoms. The summed E-state index contributed by atoms with van der Waals surface area (Å²) in [6.45, 7) is 3.67. The third-order valence-electron chi connectivity index (χ3n) is 1.72. The quantitative estimate of drug-likeness (QED) is 0.686. The molecule has 75 valence electrons. The van der Waals surface area contributed by atoms with E-state index in [-0.39, 0.29) is 17.5 Å². The predicted molar refractivity (Wildman–Crippen MR) is 47.3 cm³/mol. The van der Waals surface area contributed by atoms with Gasteiger partial charge in [-0.05, 0) is 13.3 Å². The van der Waals surface area contributed by atoms with Crippen molar-refractivity contribution in [3.8, 4) is 5.75 Å². The molecule has 0 aromatic carbocycles. The summed E-state index contributed by atoms with van der Waals surface area (Å²) in [5.74, 6) is -0.958. The molecule has 0 bridgehead atoms. The van der Waals surface area contributed by atoms with Crippen molar-refractivity contribution in [3.63, 3.8) is 0 Å². The number of hydrogen-bond donors (Lipinski definition) is 0. The monoisotopic (exact) mass is 195 g/mol. The van der Waals surface area contributed by atoms with Crippen molar-refractivity contribution in [3.05, 3.63) is 18.0 Å². The van der Waals surface area contributed by atoms with Gasteiger partial charge in [-0.1, -0.05) is 6.92 Å². The standard InChI is InChI=1S/C9H11N2O3/c1-3-6(2)14-9(13)8-4-7(12)5-10-11-8/h4-6H,3H2,1-2H3. The Hall–Kier alpha value is -1.65. The van der Waals surface area contributed by atoms with Crippen LogP contribution in [0.25, 0.3) is 0 Å².